The lowest BCUT2D eigenvalue weighted by Crippen LogP contribution is -2.40. The van der Waals surface area contributed by atoms with Crippen LogP contribution < -0.4 is 5.32 Å². The van der Waals surface area contributed by atoms with Crippen LogP contribution >= 0.6 is 0 Å². The summed E-state index contributed by atoms with van der Waals surface area (Å²) < 4.78 is 26.2. The zero-order valence-electron chi connectivity index (χ0n) is 13.4. The van der Waals surface area contributed by atoms with E-state index in [0.717, 1.165) is 16.8 Å². The summed E-state index contributed by atoms with van der Waals surface area (Å²) in [5.74, 6) is -0.194. The summed E-state index contributed by atoms with van der Waals surface area (Å²) >= 11 is 0. The van der Waals surface area contributed by atoms with Crippen molar-refractivity contribution >= 4 is 5.91 Å². The van der Waals surface area contributed by atoms with Crippen molar-refractivity contribution in [2.45, 2.75) is 24.9 Å². The SMILES string of the molecule is CN1C[C@H](NC(=O)c2ccnn2CC(F)F)[C@@H](c2ccccc2)C1. The minimum atomic E-state index is -2.55. The molecule has 0 aliphatic carbocycles. The molecule has 0 unspecified atom stereocenters. The predicted octanol–water partition coefficient (Wildman–Crippen LogP) is 1.98. The Balaban J connectivity index is 1.74. The van der Waals surface area contributed by atoms with Crippen LogP contribution in [0, 0.1) is 0 Å². The lowest BCUT2D eigenvalue weighted by Gasteiger charge is -2.20. The number of likely N-dealkylation sites (N-methyl/N-ethyl adjacent to an activating group) is 1. The first kappa shape index (κ1) is 16.6. The first-order valence-corrected chi connectivity index (χ1v) is 7.89. The van der Waals surface area contributed by atoms with Gasteiger partial charge in [0, 0.05) is 31.2 Å². The van der Waals surface area contributed by atoms with Crippen LogP contribution in [0.15, 0.2) is 42.6 Å². The fraction of sp³-hybridized carbons (Fsp3) is 0.412. The van der Waals surface area contributed by atoms with Gasteiger partial charge in [0.05, 0.1) is 0 Å². The van der Waals surface area contributed by atoms with E-state index in [2.05, 4.69) is 15.3 Å². The smallest absolute Gasteiger partial charge is 0.269 e. The Morgan fingerprint density at radius 2 is 2.04 bits per heavy atom. The van der Waals surface area contributed by atoms with Crippen molar-refractivity contribution in [3.8, 4) is 0 Å². The van der Waals surface area contributed by atoms with Crippen molar-refractivity contribution in [3.63, 3.8) is 0 Å². The zero-order valence-corrected chi connectivity index (χ0v) is 13.4. The molecule has 1 aliphatic heterocycles. The number of halogens is 2. The van der Waals surface area contributed by atoms with E-state index in [1.165, 1.54) is 12.3 Å². The molecular formula is C17H20F2N4O. The fourth-order valence-electron chi connectivity index (χ4n) is 3.23. The first-order chi connectivity index (χ1) is 11.5. The molecule has 1 aliphatic rings. The Labute approximate surface area is 139 Å². The molecular weight excluding hydrogens is 314 g/mol. The van der Waals surface area contributed by atoms with Crippen molar-refractivity contribution in [3.05, 3.63) is 53.9 Å². The Morgan fingerprint density at radius 3 is 2.75 bits per heavy atom. The van der Waals surface area contributed by atoms with Gasteiger partial charge in [-0.25, -0.2) is 8.78 Å². The van der Waals surface area contributed by atoms with E-state index in [1.54, 1.807) is 0 Å². The van der Waals surface area contributed by atoms with Gasteiger partial charge < -0.3 is 10.2 Å². The average molecular weight is 334 g/mol. The highest BCUT2D eigenvalue weighted by molar-refractivity contribution is 5.92. The second kappa shape index (κ2) is 7.09. The Morgan fingerprint density at radius 1 is 1.29 bits per heavy atom. The number of likely N-dealkylation sites (tertiary alicyclic amines) is 1. The number of hydrogen-bond acceptors (Lipinski definition) is 3. The number of carbonyl (C=O) groups excluding carboxylic acids is 1. The molecule has 1 amide bonds. The van der Waals surface area contributed by atoms with Gasteiger partial charge in [-0.05, 0) is 18.7 Å². The standard InChI is InChI=1S/C17H20F2N4O/c1-22-9-13(12-5-3-2-4-6-12)14(10-22)21-17(24)15-7-8-20-23(15)11-16(18)19/h2-8,13-14,16H,9-11H2,1H3,(H,21,24)/t13-,14+/m1/s1. The van der Waals surface area contributed by atoms with Crippen LogP contribution in [0.4, 0.5) is 8.78 Å². The van der Waals surface area contributed by atoms with Gasteiger partial charge in [0.1, 0.15) is 12.2 Å². The topological polar surface area (TPSA) is 50.2 Å². The summed E-state index contributed by atoms with van der Waals surface area (Å²) in [6.45, 7) is 0.974. The highest BCUT2D eigenvalue weighted by atomic mass is 19.3. The molecule has 2 aromatic rings. The molecule has 0 radical (unpaired) electrons. The Hall–Kier alpha value is -2.28. The second-order valence-electron chi connectivity index (χ2n) is 6.11. The molecule has 2 heterocycles. The van der Waals surface area contributed by atoms with Gasteiger partial charge in [-0.3, -0.25) is 9.48 Å². The van der Waals surface area contributed by atoms with Gasteiger partial charge >= 0.3 is 0 Å². The van der Waals surface area contributed by atoms with Crippen LogP contribution in [0.1, 0.15) is 22.0 Å². The normalized spacial score (nSPS) is 21.3. The maximum absolute atomic E-state index is 12.6. The quantitative estimate of drug-likeness (QED) is 0.910. The maximum atomic E-state index is 12.6. The molecule has 128 valence electrons. The third-order valence-electron chi connectivity index (χ3n) is 4.31. The summed E-state index contributed by atoms with van der Waals surface area (Å²) in [7, 11) is 2.00. The number of nitrogens with zero attached hydrogens (tertiary/aromatic N) is 3. The number of rotatable bonds is 5. The monoisotopic (exact) mass is 334 g/mol. The molecule has 2 atom stereocenters. The highest BCUT2D eigenvalue weighted by Gasteiger charge is 2.33. The summed E-state index contributed by atoms with van der Waals surface area (Å²) in [5, 5.41) is 6.80. The van der Waals surface area contributed by atoms with E-state index < -0.39 is 13.0 Å². The minimum absolute atomic E-state index is 0.0696. The Kier molecular flexibility index (Phi) is 4.89. The van der Waals surface area contributed by atoms with Crippen molar-refractivity contribution in [2.24, 2.45) is 0 Å². The molecule has 1 aromatic heterocycles. The average Bonchev–Trinajstić information content (AvgIpc) is 3.14. The number of aromatic nitrogens is 2. The van der Waals surface area contributed by atoms with Crippen molar-refractivity contribution in [1.29, 1.82) is 0 Å². The fourth-order valence-corrected chi connectivity index (χ4v) is 3.23. The van der Waals surface area contributed by atoms with Gasteiger partial charge in [0.15, 0.2) is 0 Å². The molecule has 24 heavy (non-hydrogen) atoms. The summed E-state index contributed by atoms with van der Waals surface area (Å²) in [6.07, 6.45) is -1.18. The molecule has 5 nitrogen and oxygen atoms in total. The second-order valence-corrected chi connectivity index (χ2v) is 6.11. The van der Waals surface area contributed by atoms with Crippen LogP contribution in [-0.2, 0) is 6.54 Å². The van der Waals surface area contributed by atoms with Crippen molar-refractivity contribution < 1.29 is 13.6 Å². The van der Waals surface area contributed by atoms with Gasteiger partial charge in [0.2, 0.25) is 0 Å². The number of amides is 1. The molecule has 0 bridgehead atoms. The number of nitrogens with one attached hydrogen (secondary N) is 1. The summed E-state index contributed by atoms with van der Waals surface area (Å²) in [6, 6.07) is 11.4. The van der Waals surface area contributed by atoms with E-state index in [9.17, 15) is 13.6 Å². The molecule has 1 N–H and O–H groups in total. The molecule has 7 heteroatoms. The number of alkyl halides is 2. The highest BCUT2D eigenvalue weighted by Crippen LogP contribution is 2.26. The number of carbonyl (C=O) groups is 1. The third kappa shape index (κ3) is 3.62. The molecule has 0 saturated carbocycles. The third-order valence-corrected chi connectivity index (χ3v) is 4.31. The van der Waals surface area contributed by atoms with E-state index >= 15 is 0 Å². The molecule has 1 saturated heterocycles. The summed E-state index contributed by atoms with van der Waals surface area (Å²) in [5.41, 5.74) is 1.32. The molecule has 0 spiro atoms. The maximum Gasteiger partial charge on any atom is 0.269 e. The largest absolute Gasteiger partial charge is 0.346 e. The van der Waals surface area contributed by atoms with Gasteiger partial charge in [-0.15, -0.1) is 0 Å². The van der Waals surface area contributed by atoms with Crippen LogP contribution in [0.25, 0.3) is 0 Å². The lowest BCUT2D eigenvalue weighted by atomic mass is 9.94. The lowest BCUT2D eigenvalue weighted by molar-refractivity contribution is 0.0906. The van der Waals surface area contributed by atoms with E-state index in [-0.39, 0.29) is 23.6 Å². The van der Waals surface area contributed by atoms with Crippen LogP contribution in [-0.4, -0.2) is 53.2 Å². The number of benzene rings is 1. The van der Waals surface area contributed by atoms with Crippen molar-refractivity contribution in [2.75, 3.05) is 20.1 Å². The molecule has 1 aromatic carbocycles. The predicted molar refractivity (Wildman–Crippen MR) is 86.2 cm³/mol. The Bertz CT molecular complexity index is 689. The van der Waals surface area contributed by atoms with E-state index in [0.29, 0.717) is 6.54 Å². The van der Waals surface area contributed by atoms with Gasteiger partial charge in [-0.1, -0.05) is 30.3 Å². The van der Waals surface area contributed by atoms with Crippen LogP contribution in [0.5, 0.6) is 0 Å². The number of hydrogen-bond donors (Lipinski definition) is 1. The van der Waals surface area contributed by atoms with Crippen LogP contribution in [0.2, 0.25) is 0 Å². The van der Waals surface area contributed by atoms with E-state index in [4.69, 9.17) is 0 Å². The summed E-state index contributed by atoms with van der Waals surface area (Å²) in [4.78, 5) is 14.7. The van der Waals surface area contributed by atoms with Crippen molar-refractivity contribution in [1.82, 2.24) is 20.0 Å². The van der Waals surface area contributed by atoms with E-state index in [1.807, 2.05) is 37.4 Å². The molecule has 1 fully saturated rings. The van der Waals surface area contributed by atoms with Gasteiger partial charge in [0.25, 0.3) is 12.3 Å². The molecule has 3 rings (SSSR count). The zero-order chi connectivity index (χ0) is 17.1. The minimum Gasteiger partial charge on any atom is -0.346 e. The first-order valence-electron chi connectivity index (χ1n) is 7.89. The van der Waals surface area contributed by atoms with Gasteiger partial charge in [-0.2, -0.15) is 5.10 Å². The van der Waals surface area contributed by atoms with Crippen LogP contribution in [0.3, 0.4) is 0 Å².